The maximum Gasteiger partial charge on any atom is 0.419 e. The van der Waals surface area contributed by atoms with Gasteiger partial charge in [-0.3, -0.25) is 0 Å². The molecule has 0 aliphatic carbocycles. The van der Waals surface area contributed by atoms with Gasteiger partial charge in [-0.2, -0.15) is 13.2 Å². The van der Waals surface area contributed by atoms with E-state index in [0.717, 1.165) is 16.5 Å². The van der Waals surface area contributed by atoms with Crippen molar-refractivity contribution in [2.24, 2.45) is 0 Å². The molecule has 27 heavy (non-hydrogen) atoms. The first-order chi connectivity index (χ1) is 13.0. The summed E-state index contributed by atoms with van der Waals surface area (Å²) in [6.45, 7) is 0.178. The predicted molar refractivity (Wildman–Crippen MR) is 96.5 cm³/mol. The summed E-state index contributed by atoms with van der Waals surface area (Å²) in [5, 5.41) is 2.65. The Morgan fingerprint density at radius 2 is 1.56 bits per heavy atom. The fourth-order valence-electron chi connectivity index (χ4n) is 2.56. The monoisotopic (exact) mass is 371 g/mol. The van der Waals surface area contributed by atoms with Crippen molar-refractivity contribution < 1.29 is 18.0 Å². The van der Waals surface area contributed by atoms with E-state index >= 15 is 0 Å². The zero-order valence-corrected chi connectivity index (χ0v) is 14.1. The van der Waals surface area contributed by atoms with Crippen molar-refractivity contribution in [3.63, 3.8) is 0 Å². The maximum atomic E-state index is 13.4. The van der Waals surface area contributed by atoms with Crippen molar-refractivity contribution in [3.05, 3.63) is 90.1 Å². The number of rotatable bonds is 4. The van der Waals surface area contributed by atoms with E-state index in [2.05, 4.69) is 10.3 Å². The van der Waals surface area contributed by atoms with Gasteiger partial charge < -0.3 is 5.32 Å². The summed E-state index contributed by atoms with van der Waals surface area (Å²) in [6.07, 6.45) is -3.42. The molecule has 0 fully saturated rings. The number of hydrogen-bond acceptors (Lipinski definition) is 2. The van der Waals surface area contributed by atoms with Gasteiger partial charge in [0.05, 0.1) is 11.3 Å². The number of carbonyl (C=O) groups excluding carboxylic acids is 1. The number of amides is 2. The summed E-state index contributed by atoms with van der Waals surface area (Å²) in [7, 11) is 0. The Hall–Kier alpha value is -3.35. The largest absolute Gasteiger partial charge is 0.419 e. The zero-order chi connectivity index (χ0) is 19.3. The SMILES string of the molecule is O=C(NCc1ccccc1)N(c1ccccc1)c1ncccc1C(F)(F)F. The van der Waals surface area contributed by atoms with Crippen LogP contribution < -0.4 is 10.2 Å². The number of aromatic nitrogens is 1. The van der Waals surface area contributed by atoms with Crippen molar-refractivity contribution in [3.8, 4) is 0 Å². The Morgan fingerprint density at radius 3 is 2.19 bits per heavy atom. The number of hydrogen-bond donors (Lipinski definition) is 1. The second-order valence-electron chi connectivity index (χ2n) is 5.69. The normalized spacial score (nSPS) is 11.1. The molecule has 138 valence electrons. The highest BCUT2D eigenvalue weighted by Gasteiger charge is 2.37. The molecule has 0 saturated carbocycles. The minimum atomic E-state index is -4.64. The average Bonchev–Trinajstić information content (AvgIpc) is 2.68. The Labute approximate surface area is 154 Å². The van der Waals surface area contributed by atoms with E-state index < -0.39 is 23.6 Å². The van der Waals surface area contributed by atoms with Gasteiger partial charge in [-0.15, -0.1) is 0 Å². The number of alkyl halides is 3. The molecule has 0 bridgehead atoms. The van der Waals surface area contributed by atoms with Crippen molar-refractivity contribution in [2.45, 2.75) is 12.7 Å². The van der Waals surface area contributed by atoms with Crippen LogP contribution in [0.4, 0.5) is 29.5 Å². The Morgan fingerprint density at radius 1 is 0.926 bits per heavy atom. The predicted octanol–water partition coefficient (Wildman–Crippen LogP) is 5.15. The smallest absolute Gasteiger partial charge is 0.333 e. The van der Waals surface area contributed by atoms with Crippen LogP contribution in [0.25, 0.3) is 0 Å². The number of nitrogens with zero attached hydrogens (tertiary/aromatic N) is 2. The average molecular weight is 371 g/mol. The first-order valence-electron chi connectivity index (χ1n) is 8.16. The van der Waals surface area contributed by atoms with E-state index in [4.69, 9.17) is 0 Å². The lowest BCUT2D eigenvalue weighted by Crippen LogP contribution is -2.38. The van der Waals surface area contributed by atoms with Crippen LogP contribution in [0.1, 0.15) is 11.1 Å². The van der Waals surface area contributed by atoms with Gasteiger partial charge in [0.15, 0.2) is 5.82 Å². The number of carbonyl (C=O) groups is 1. The Kier molecular flexibility index (Phi) is 5.40. The van der Waals surface area contributed by atoms with Gasteiger partial charge in [-0.1, -0.05) is 48.5 Å². The molecule has 0 spiro atoms. The minimum Gasteiger partial charge on any atom is -0.333 e. The maximum absolute atomic E-state index is 13.4. The number of para-hydroxylation sites is 1. The third kappa shape index (κ3) is 4.44. The molecule has 0 unspecified atom stereocenters. The Bertz CT molecular complexity index is 899. The summed E-state index contributed by atoms with van der Waals surface area (Å²) in [6, 6.07) is 18.6. The molecule has 0 atom stereocenters. The van der Waals surface area contributed by atoms with Crippen LogP contribution in [0.2, 0.25) is 0 Å². The number of nitrogens with one attached hydrogen (secondary N) is 1. The van der Waals surface area contributed by atoms with Gasteiger partial charge in [0.25, 0.3) is 0 Å². The first kappa shape index (κ1) is 18.4. The molecular formula is C20H16F3N3O. The quantitative estimate of drug-likeness (QED) is 0.689. The van der Waals surface area contributed by atoms with E-state index in [1.54, 1.807) is 30.3 Å². The van der Waals surface area contributed by atoms with E-state index in [-0.39, 0.29) is 12.2 Å². The molecule has 1 aromatic heterocycles. The number of pyridine rings is 1. The van der Waals surface area contributed by atoms with Crippen molar-refractivity contribution in [2.75, 3.05) is 4.90 Å². The number of urea groups is 1. The molecular weight excluding hydrogens is 355 g/mol. The van der Waals surface area contributed by atoms with E-state index in [1.807, 2.05) is 30.3 Å². The molecule has 1 N–H and O–H groups in total. The molecule has 3 rings (SSSR count). The zero-order valence-electron chi connectivity index (χ0n) is 14.1. The van der Waals surface area contributed by atoms with Crippen LogP contribution in [-0.2, 0) is 12.7 Å². The van der Waals surface area contributed by atoms with Crippen LogP contribution in [0.5, 0.6) is 0 Å². The van der Waals surface area contributed by atoms with Gasteiger partial charge in [-0.05, 0) is 29.8 Å². The lowest BCUT2D eigenvalue weighted by molar-refractivity contribution is -0.137. The third-order valence-electron chi connectivity index (χ3n) is 3.81. The van der Waals surface area contributed by atoms with Crippen molar-refractivity contribution in [1.82, 2.24) is 10.3 Å². The van der Waals surface area contributed by atoms with Gasteiger partial charge in [0.2, 0.25) is 0 Å². The van der Waals surface area contributed by atoms with Crippen LogP contribution in [0.15, 0.2) is 79.0 Å². The number of benzene rings is 2. The molecule has 0 aliphatic heterocycles. The summed E-state index contributed by atoms with van der Waals surface area (Å²) in [4.78, 5) is 17.6. The van der Waals surface area contributed by atoms with E-state index in [9.17, 15) is 18.0 Å². The highest BCUT2D eigenvalue weighted by atomic mass is 19.4. The van der Waals surface area contributed by atoms with E-state index in [0.29, 0.717) is 0 Å². The van der Waals surface area contributed by atoms with Crippen LogP contribution in [0.3, 0.4) is 0 Å². The molecule has 3 aromatic rings. The fourth-order valence-corrected chi connectivity index (χ4v) is 2.56. The highest BCUT2D eigenvalue weighted by Crippen LogP contribution is 2.37. The Balaban J connectivity index is 1.97. The molecule has 7 heteroatoms. The third-order valence-corrected chi connectivity index (χ3v) is 3.81. The van der Waals surface area contributed by atoms with Crippen LogP contribution >= 0.6 is 0 Å². The molecule has 2 amide bonds. The van der Waals surface area contributed by atoms with E-state index in [1.165, 1.54) is 12.3 Å². The van der Waals surface area contributed by atoms with Crippen molar-refractivity contribution >= 4 is 17.5 Å². The molecule has 2 aromatic carbocycles. The van der Waals surface area contributed by atoms with Gasteiger partial charge >= 0.3 is 12.2 Å². The summed E-state index contributed by atoms with van der Waals surface area (Å²) in [5.41, 5.74) is 0.131. The second-order valence-corrected chi connectivity index (χ2v) is 5.69. The molecule has 0 aliphatic rings. The molecule has 0 saturated heterocycles. The lowest BCUT2D eigenvalue weighted by Gasteiger charge is -2.25. The summed E-state index contributed by atoms with van der Waals surface area (Å²) < 4.78 is 40.3. The topological polar surface area (TPSA) is 45.2 Å². The highest BCUT2D eigenvalue weighted by molar-refractivity contribution is 5.99. The summed E-state index contributed by atoms with van der Waals surface area (Å²) in [5.74, 6) is -0.471. The number of halogens is 3. The second kappa shape index (κ2) is 7.90. The van der Waals surface area contributed by atoms with Crippen LogP contribution in [-0.4, -0.2) is 11.0 Å². The van der Waals surface area contributed by atoms with Crippen LogP contribution in [0, 0.1) is 0 Å². The molecule has 4 nitrogen and oxygen atoms in total. The fraction of sp³-hybridized carbons (Fsp3) is 0.100. The standard InChI is InChI=1S/C20H16F3N3O/c21-20(22,23)17-12-7-13-24-18(17)26(16-10-5-2-6-11-16)19(27)25-14-15-8-3-1-4-9-15/h1-13H,14H2,(H,25,27). The van der Waals surface area contributed by atoms with Gasteiger partial charge in [-0.25, -0.2) is 14.7 Å². The number of anilines is 2. The first-order valence-corrected chi connectivity index (χ1v) is 8.16. The molecule has 1 heterocycles. The van der Waals surface area contributed by atoms with Gasteiger partial charge in [0, 0.05) is 12.7 Å². The van der Waals surface area contributed by atoms with Gasteiger partial charge in [0.1, 0.15) is 0 Å². The minimum absolute atomic E-state index is 0.178. The molecule has 0 radical (unpaired) electrons. The summed E-state index contributed by atoms with van der Waals surface area (Å²) >= 11 is 0. The lowest BCUT2D eigenvalue weighted by atomic mass is 10.2. The van der Waals surface area contributed by atoms with Crippen molar-refractivity contribution in [1.29, 1.82) is 0 Å².